The molecule has 0 aliphatic carbocycles. The van der Waals surface area contributed by atoms with Crippen LogP contribution in [0.5, 0.6) is 0 Å². The molecule has 3 amide bonds. The van der Waals surface area contributed by atoms with Crippen molar-refractivity contribution in [3.63, 3.8) is 0 Å². The highest BCUT2D eigenvalue weighted by Crippen LogP contribution is 2.20. The first-order valence-corrected chi connectivity index (χ1v) is 8.26. The van der Waals surface area contributed by atoms with E-state index in [2.05, 4.69) is 26.1 Å². The van der Waals surface area contributed by atoms with Gasteiger partial charge in [-0.3, -0.25) is 4.79 Å². The fraction of sp³-hybridized carbons (Fsp3) is 0.875. The van der Waals surface area contributed by atoms with Crippen LogP contribution in [0.25, 0.3) is 0 Å². The molecule has 0 radical (unpaired) electrons. The summed E-state index contributed by atoms with van der Waals surface area (Å²) >= 11 is 0. The molecule has 0 atom stereocenters. The van der Waals surface area contributed by atoms with Crippen molar-refractivity contribution in [1.29, 1.82) is 0 Å². The van der Waals surface area contributed by atoms with Gasteiger partial charge in [0.2, 0.25) is 5.91 Å². The molecule has 0 unspecified atom stereocenters. The lowest BCUT2D eigenvalue weighted by molar-refractivity contribution is -0.141. The molecule has 2 rings (SSSR count). The summed E-state index contributed by atoms with van der Waals surface area (Å²) in [6, 6.07) is -0.00723. The normalized spacial score (nSPS) is 20.9. The Hall–Kier alpha value is -1.30. The zero-order valence-corrected chi connectivity index (χ0v) is 14.1. The SMILES string of the molecule is CC(C)(C)CNC(=O)N1CCC(C(=O)N2CCOCC2)CC1. The van der Waals surface area contributed by atoms with Gasteiger partial charge >= 0.3 is 6.03 Å². The van der Waals surface area contributed by atoms with E-state index in [1.54, 1.807) is 0 Å². The number of amides is 3. The van der Waals surface area contributed by atoms with Gasteiger partial charge in [0.05, 0.1) is 13.2 Å². The second-order valence-corrected chi connectivity index (χ2v) is 7.42. The van der Waals surface area contributed by atoms with E-state index in [9.17, 15) is 9.59 Å². The lowest BCUT2D eigenvalue weighted by atomic mass is 9.95. The van der Waals surface area contributed by atoms with Crippen LogP contribution < -0.4 is 5.32 Å². The molecule has 2 fully saturated rings. The second kappa shape index (κ2) is 7.31. The maximum atomic E-state index is 12.4. The zero-order chi connectivity index (χ0) is 16.2. The van der Waals surface area contributed by atoms with Crippen LogP contribution in [0.4, 0.5) is 4.79 Å². The second-order valence-electron chi connectivity index (χ2n) is 7.42. The summed E-state index contributed by atoms with van der Waals surface area (Å²) in [7, 11) is 0. The molecule has 0 aromatic carbocycles. The predicted molar refractivity (Wildman–Crippen MR) is 84.5 cm³/mol. The topological polar surface area (TPSA) is 61.9 Å². The Bertz CT molecular complexity index is 392. The van der Waals surface area contributed by atoms with E-state index in [0.29, 0.717) is 45.9 Å². The average molecular weight is 311 g/mol. The van der Waals surface area contributed by atoms with E-state index < -0.39 is 0 Å². The number of hydrogen-bond acceptors (Lipinski definition) is 3. The fourth-order valence-corrected chi connectivity index (χ4v) is 2.82. The lowest BCUT2D eigenvalue weighted by Gasteiger charge is -2.35. The Morgan fingerprint density at radius 2 is 1.64 bits per heavy atom. The third kappa shape index (κ3) is 4.87. The molecule has 2 aliphatic heterocycles. The number of carbonyl (C=O) groups is 2. The molecule has 2 aliphatic rings. The summed E-state index contributed by atoms with van der Waals surface area (Å²) in [5, 5.41) is 2.97. The van der Waals surface area contributed by atoms with Crippen LogP contribution in [0.1, 0.15) is 33.6 Å². The highest BCUT2D eigenvalue weighted by atomic mass is 16.5. The van der Waals surface area contributed by atoms with Crippen LogP contribution >= 0.6 is 0 Å². The van der Waals surface area contributed by atoms with Crippen LogP contribution in [-0.4, -0.2) is 67.7 Å². The van der Waals surface area contributed by atoms with Gasteiger partial charge in [0, 0.05) is 38.6 Å². The minimum Gasteiger partial charge on any atom is -0.378 e. The van der Waals surface area contributed by atoms with Crippen molar-refractivity contribution in [2.75, 3.05) is 45.9 Å². The van der Waals surface area contributed by atoms with E-state index in [4.69, 9.17) is 4.74 Å². The van der Waals surface area contributed by atoms with Gasteiger partial charge in [-0.05, 0) is 18.3 Å². The number of nitrogens with one attached hydrogen (secondary N) is 1. The third-order valence-electron chi connectivity index (χ3n) is 4.22. The van der Waals surface area contributed by atoms with E-state index in [-0.39, 0.29) is 23.3 Å². The Morgan fingerprint density at radius 3 is 2.18 bits per heavy atom. The van der Waals surface area contributed by atoms with Gasteiger partial charge in [0.25, 0.3) is 0 Å². The van der Waals surface area contributed by atoms with Crippen LogP contribution in [0.15, 0.2) is 0 Å². The van der Waals surface area contributed by atoms with E-state index >= 15 is 0 Å². The van der Waals surface area contributed by atoms with Gasteiger partial charge in [-0.25, -0.2) is 4.79 Å². The van der Waals surface area contributed by atoms with E-state index in [1.807, 2.05) is 9.80 Å². The fourth-order valence-electron chi connectivity index (χ4n) is 2.82. The van der Waals surface area contributed by atoms with Crippen molar-refractivity contribution in [3.05, 3.63) is 0 Å². The largest absolute Gasteiger partial charge is 0.378 e. The van der Waals surface area contributed by atoms with Gasteiger partial charge in [0.1, 0.15) is 0 Å². The molecular weight excluding hydrogens is 282 g/mol. The molecule has 6 nitrogen and oxygen atoms in total. The maximum absolute atomic E-state index is 12.4. The first kappa shape index (κ1) is 17.1. The van der Waals surface area contributed by atoms with Crippen LogP contribution in [0, 0.1) is 11.3 Å². The molecule has 2 saturated heterocycles. The summed E-state index contributed by atoms with van der Waals surface area (Å²) in [6.45, 7) is 11.0. The molecule has 22 heavy (non-hydrogen) atoms. The number of hydrogen-bond donors (Lipinski definition) is 1. The first-order chi connectivity index (χ1) is 10.4. The van der Waals surface area contributed by atoms with E-state index in [0.717, 1.165) is 12.8 Å². The summed E-state index contributed by atoms with van der Waals surface area (Å²) in [5.74, 6) is 0.294. The lowest BCUT2D eigenvalue weighted by Crippen LogP contribution is -2.50. The number of morpholine rings is 1. The van der Waals surface area contributed by atoms with Crippen molar-refractivity contribution in [2.24, 2.45) is 11.3 Å². The number of carbonyl (C=O) groups excluding carboxylic acids is 2. The zero-order valence-electron chi connectivity index (χ0n) is 14.1. The van der Waals surface area contributed by atoms with Crippen LogP contribution in [0.2, 0.25) is 0 Å². The Morgan fingerprint density at radius 1 is 1.05 bits per heavy atom. The smallest absolute Gasteiger partial charge is 0.317 e. The maximum Gasteiger partial charge on any atom is 0.317 e. The van der Waals surface area contributed by atoms with E-state index in [1.165, 1.54) is 0 Å². The van der Waals surface area contributed by atoms with Crippen LogP contribution in [-0.2, 0) is 9.53 Å². The average Bonchev–Trinajstić information content (AvgIpc) is 2.52. The van der Waals surface area contributed by atoms with Gasteiger partial charge in [-0.15, -0.1) is 0 Å². The summed E-state index contributed by atoms with van der Waals surface area (Å²) < 4.78 is 5.28. The number of nitrogens with zero attached hydrogens (tertiary/aromatic N) is 2. The summed E-state index contributed by atoms with van der Waals surface area (Å²) in [6.07, 6.45) is 1.53. The van der Waals surface area contributed by atoms with Crippen LogP contribution in [0.3, 0.4) is 0 Å². The van der Waals surface area contributed by atoms with Gasteiger partial charge in [0.15, 0.2) is 0 Å². The molecule has 126 valence electrons. The van der Waals surface area contributed by atoms with Crippen molar-refractivity contribution >= 4 is 11.9 Å². The Kier molecular flexibility index (Phi) is 5.67. The highest BCUT2D eigenvalue weighted by molar-refractivity contribution is 5.80. The summed E-state index contributed by atoms with van der Waals surface area (Å²) in [4.78, 5) is 28.3. The number of urea groups is 1. The molecule has 0 spiro atoms. The Labute approximate surface area is 133 Å². The standard InChI is InChI=1S/C16H29N3O3/c1-16(2,3)12-17-15(21)19-6-4-13(5-7-19)14(20)18-8-10-22-11-9-18/h13H,4-12H2,1-3H3,(H,17,21). The van der Waals surface area contributed by atoms with Crippen molar-refractivity contribution in [3.8, 4) is 0 Å². The van der Waals surface area contributed by atoms with Gasteiger partial charge < -0.3 is 19.9 Å². The monoisotopic (exact) mass is 311 g/mol. The van der Waals surface area contributed by atoms with Crippen molar-refractivity contribution < 1.29 is 14.3 Å². The number of ether oxygens (including phenoxy) is 1. The molecule has 6 heteroatoms. The molecule has 0 aromatic heterocycles. The minimum absolute atomic E-state index is 0.00723. The quantitative estimate of drug-likeness (QED) is 0.836. The first-order valence-electron chi connectivity index (χ1n) is 8.26. The molecule has 0 bridgehead atoms. The number of rotatable bonds is 2. The Balaban J connectivity index is 1.75. The van der Waals surface area contributed by atoms with Gasteiger partial charge in [-0.2, -0.15) is 0 Å². The molecular formula is C16H29N3O3. The summed E-state index contributed by atoms with van der Waals surface area (Å²) in [5.41, 5.74) is 0.0836. The number of likely N-dealkylation sites (tertiary alicyclic amines) is 1. The van der Waals surface area contributed by atoms with Crippen molar-refractivity contribution in [2.45, 2.75) is 33.6 Å². The molecule has 0 saturated carbocycles. The highest BCUT2D eigenvalue weighted by Gasteiger charge is 2.31. The molecule has 0 aromatic rings. The third-order valence-corrected chi connectivity index (χ3v) is 4.22. The molecule has 1 N–H and O–H groups in total. The minimum atomic E-state index is -0.00723. The van der Waals surface area contributed by atoms with Gasteiger partial charge in [-0.1, -0.05) is 20.8 Å². The number of piperidine rings is 1. The molecule has 2 heterocycles. The van der Waals surface area contributed by atoms with Crippen molar-refractivity contribution in [1.82, 2.24) is 15.1 Å². The predicted octanol–water partition coefficient (Wildman–Crippen LogP) is 1.31.